The van der Waals surface area contributed by atoms with Crippen molar-refractivity contribution < 1.29 is 0 Å². The molecule has 1 saturated carbocycles. The second-order valence-electron chi connectivity index (χ2n) is 4.96. The van der Waals surface area contributed by atoms with Crippen molar-refractivity contribution in [1.82, 2.24) is 5.32 Å². The molecule has 0 aliphatic heterocycles. The molecule has 1 N–H and O–H groups in total. The second-order valence-corrected chi connectivity index (χ2v) is 5.23. The second kappa shape index (κ2) is 7.03. The third-order valence-electron chi connectivity index (χ3n) is 3.74. The van der Waals surface area contributed by atoms with E-state index in [1.165, 1.54) is 37.7 Å². The Balaban J connectivity index is 1.88. The minimum Gasteiger partial charge on any atom is -0.304 e. The molecule has 0 spiro atoms. The Hall–Kier alpha value is -0.530. The Morgan fingerprint density at radius 1 is 1.06 bits per heavy atom. The van der Waals surface area contributed by atoms with Gasteiger partial charge < -0.3 is 5.32 Å². The summed E-state index contributed by atoms with van der Waals surface area (Å²) in [5.74, 6) is 0.818. The molecule has 1 aliphatic carbocycles. The number of alkyl halides is 1. The maximum Gasteiger partial charge on any atom is 0.0713 e. The van der Waals surface area contributed by atoms with Crippen LogP contribution in [-0.2, 0) is 6.42 Å². The molecule has 1 fully saturated rings. The smallest absolute Gasteiger partial charge is 0.0713 e. The summed E-state index contributed by atoms with van der Waals surface area (Å²) < 4.78 is 0. The van der Waals surface area contributed by atoms with E-state index in [1.807, 2.05) is 0 Å². The van der Waals surface area contributed by atoms with E-state index in [4.69, 9.17) is 11.6 Å². The lowest BCUT2D eigenvalue weighted by Crippen LogP contribution is -2.14. The number of halogens is 1. The third-order valence-corrected chi connectivity index (χ3v) is 3.93. The van der Waals surface area contributed by atoms with Crippen LogP contribution in [0.3, 0.4) is 0 Å². The van der Waals surface area contributed by atoms with E-state index >= 15 is 0 Å². The van der Waals surface area contributed by atoms with Crippen LogP contribution in [0.4, 0.5) is 0 Å². The number of nitrogens with one attached hydrogen (secondary N) is 1. The van der Waals surface area contributed by atoms with E-state index in [1.54, 1.807) is 5.56 Å². The standard InChI is InChI=1S/C15H22ClN/c16-12-17-11-10-13-6-8-15(9-7-13)14-4-2-1-3-5-14/h6-9,14,17H,1-5,10-12H2. The highest BCUT2D eigenvalue weighted by Crippen LogP contribution is 2.32. The summed E-state index contributed by atoms with van der Waals surface area (Å²) in [4.78, 5) is 0. The van der Waals surface area contributed by atoms with Crippen LogP contribution in [0, 0.1) is 0 Å². The number of rotatable bonds is 5. The van der Waals surface area contributed by atoms with Gasteiger partial charge >= 0.3 is 0 Å². The van der Waals surface area contributed by atoms with Gasteiger partial charge in [0.1, 0.15) is 0 Å². The molecule has 0 heterocycles. The Kier molecular flexibility index (Phi) is 5.34. The SMILES string of the molecule is ClCNCCc1ccc(C2CCCCC2)cc1. The highest BCUT2D eigenvalue weighted by atomic mass is 35.5. The third kappa shape index (κ3) is 4.01. The largest absolute Gasteiger partial charge is 0.304 e. The number of hydrogen-bond donors (Lipinski definition) is 1. The lowest BCUT2D eigenvalue weighted by atomic mass is 9.84. The predicted molar refractivity (Wildman–Crippen MR) is 74.7 cm³/mol. The summed E-state index contributed by atoms with van der Waals surface area (Å²) in [6.45, 7) is 0.965. The molecule has 1 nitrogen and oxygen atoms in total. The number of benzene rings is 1. The van der Waals surface area contributed by atoms with Gasteiger partial charge in [0.15, 0.2) is 0 Å². The molecule has 1 aromatic carbocycles. The van der Waals surface area contributed by atoms with Crippen LogP contribution in [0.2, 0.25) is 0 Å². The molecule has 0 aromatic heterocycles. The highest BCUT2D eigenvalue weighted by Gasteiger charge is 2.14. The van der Waals surface area contributed by atoms with E-state index in [2.05, 4.69) is 29.6 Å². The van der Waals surface area contributed by atoms with Gasteiger partial charge in [0.25, 0.3) is 0 Å². The first kappa shape index (κ1) is 12.9. The summed E-state index contributed by atoms with van der Waals surface area (Å²) in [5.41, 5.74) is 2.95. The maximum atomic E-state index is 5.58. The van der Waals surface area contributed by atoms with Crippen LogP contribution in [0.5, 0.6) is 0 Å². The molecule has 0 unspecified atom stereocenters. The molecule has 2 rings (SSSR count). The van der Waals surface area contributed by atoms with Gasteiger partial charge in [-0.2, -0.15) is 0 Å². The van der Waals surface area contributed by atoms with Gasteiger partial charge in [-0.15, -0.1) is 11.6 Å². The molecular formula is C15H22ClN. The zero-order valence-electron chi connectivity index (χ0n) is 10.4. The van der Waals surface area contributed by atoms with Crippen LogP contribution in [-0.4, -0.2) is 12.5 Å². The van der Waals surface area contributed by atoms with Gasteiger partial charge in [-0.05, 0) is 36.3 Å². The van der Waals surface area contributed by atoms with Crippen molar-refractivity contribution in [3.8, 4) is 0 Å². The Morgan fingerprint density at radius 3 is 2.41 bits per heavy atom. The summed E-state index contributed by atoms with van der Waals surface area (Å²) in [6, 6.07) is 9.75. The van der Waals surface area contributed by atoms with Crippen molar-refractivity contribution in [3.63, 3.8) is 0 Å². The normalized spacial score (nSPS) is 17.2. The van der Waals surface area contributed by atoms with Crippen molar-refractivity contribution in [2.45, 2.75) is 44.4 Å². The minimum atomic E-state index is 0.542. The first-order chi connectivity index (χ1) is 8.40. The van der Waals surface area contributed by atoms with Crippen LogP contribution in [0.1, 0.15) is 49.1 Å². The molecule has 0 atom stereocenters. The zero-order valence-corrected chi connectivity index (χ0v) is 11.2. The fraction of sp³-hybridized carbons (Fsp3) is 0.600. The zero-order chi connectivity index (χ0) is 11.9. The Bertz CT molecular complexity index is 314. The highest BCUT2D eigenvalue weighted by molar-refractivity contribution is 6.17. The molecule has 0 radical (unpaired) electrons. The fourth-order valence-corrected chi connectivity index (χ4v) is 2.83. The molecule has 0 amide bonds. The van der Waals surface area contributed by atoms with Gasteiger partial charge in [-0.25, -0.2) is 0 Å². The molecule has 0 bridgehead atoms. The minimum absolute atomic E-state index is 0.542. The quantitative estimate of drug-likeness (QED) is 0.473. The Labute approximate surface area is 110 Å². The topological polar surface area (TPSA) is 12.0 Å². The van der Waals surface area contributed by atoms with Gasteiger partial charge in [0.2, 0.25) is 0 Å². The molecule has 1 aromatic rings. The van der Waals surface area contributed by atoms with E-state index in [0.29, 0.717) is 6.00 Å². The lowest BCUT2D eigenvalue weighted by Gasteiger charge is -2.22. The van der Waals surface area contributed by atoms with Gasteiger partial charge in [0.05, 0.1) is 6.00 Å². The van der Waals surface area contributed by atoms with E-state index in [-0.39, 0.29) is 0 Å². The van der Waals surface area contributed by atoms with Crippen LogP contribution < -0.4 is 5.32 Å². The molecule has 2 heteroatoms. The van der Waals surface area contributed by atoms with Crippen molar-refractivity contribution in [3.05, 3.63) is 35.4 Å². The molecule has 17 heavy (non-hydrogen) atoms. The van der Waals surface area contributed by atoms with Crippen molar-refractivity contribution in [2.75, 3.05) is 12.5 Å². The summed E-state index contributed by atoms with van der Waals surface area (Å²) in [7, 11) is 0. The molecular weight excluding hydrogens is 230 g/mol. The Morgan fingerprint density at radius 2 is 1.76 bits per heavy atom. The average Bonchev–Trinajstić information content (AvgIpc) is 2.41. The predicted octanol–water partition coefficient (Wildman–Crippen LogP) is 4.06. The van der Waals surface area contributed by atoms with E-state index in [9.17, 15) is 0 Å². The van der Waals surface area contributed by atoms with Gasteiger partial charge in [0, 0.05) is 6.54 Å². The molecule has 94 valence electrons. The average molecular weight is 252 g/mol. The van der Waals surface area contributed by atoms with E-state index in [0.717, 1.165) is 18.9 Å². The van der Waals surface area contributed by atoms with Gasteiger partial charge in [-0.1, -0.05) is 43.5 Å². The summed E-state index contributed by atoms with van der Waals surface area (Å²) >= 11 is 5.58. The first-order valence-corrected chi connectivity index (χ1v) is 7.29. The van der Waals surface area contributed by atoms with Crippen LogP contribution >= 0.6 is 11.6 Å². The van der Waals surface area contributed by atoms with Crippen molar-refractivity contribution in [1.29, 1.82) is 0 Å². The first-order valence-electron chi connectivity index (χ1n) is 6.75. The van der Waals surface area contributed by atoms with Crippen molar-refractivity contribution in [2.24, 2.45) is 0 Å². The van der Waals surface area contributed by atoms with Gasteiger partial charge in [-0.3, -0.25) is 0 Å². The monoisotopic (exact) mass is 251 g/mol. The van der Waals surface area contributed by atoms with Crippen molar-refractivity contribution >= 4 is 11.6 Å². The summed E-state index contributed by atoms with van der Waals surface area (Å²) in [6.07, 6.45) is 8.08. The molecule has 0 saturated heterocycles. The van der Waals surface area contributed by atoms with Crippen LogP contribution in [0.25, 0.3) is 0 Å². The lowest BCUT2D eigenvalue weighted by molar-refractivity contribution is 0.443. The molecule has 1 aliphatic rings. The number of hydrogen-bond acceptors (Lipinski definition) is 1. The van der Waals surface area contributed by atoms with Crippen LogP contribution in [0.15, 0.2) is 24.3 Å². The van der Waals surface area contributed by atoms with E-state index < -0.39 is 0 Å². The maximum absolute atomic E-state index is 5.58. The summed E-state index contributed by atoms with van der Waals surface area (Å²) in [5, 5.41) is 3.14. The fourth-order valence-electron chi connectivity index (χ4n) is 2.69.